The molecule has 1 aliphatic rings. The number of aromatic hydroxyl groups is 3. The van der Waals surface area contributed by atoms with Crippen molar-refractivity contribution in [3.8, 4) is 17.2 Å². The lowest BCUT2D eigenvalue weighted by Crippen LogP contribution is -2.61. The molecule has 1 fully saturated rings. The summed E-state index contributed by atoms with van der Waals surface area (Å²) in [6.45, 7) is -0.741. The average molecular weight is 1550 g/mol. The van der Waals surface area contributed by atoms with Crippen LogP contribution < -0.4 is 64.2 Å². The van der Waals surface area contributed by atoms with Gasteiger partial charge >= 0.3 is 23.9 Å². The molecule has 0 aliphatic carbocycles. The average Bonchev–Trinajstić information content (AvgIpc) is 1.61. The van der Waals surface area contributed by atoms with Gasteiger partial charge in [0.25, 0.3) is 0 Å². The first-order valence-electron chi connectivity index (χ1n) is 33.6. The van der Waals surface area contributed by atoms with Crippen molar-refractivity contribution in [2.24, 2.45) is 5.73 Å². The molecule has 4 aromatic rings. The highest BCUT2D eigenvalue weighted by Crippen LogP contribution is 2.22. The van der Waals surface area contributed by atoms with Crippen LogP contribution in [-0.2, 0) is 102 Å². The number of carboxylic acids is 4. The van der Waals surface area contributed by atoms with Crippen molar-refractivity contribution in [1.29, 1.82) is 0 Å². The first-order chi connectivity index (χ1) is 51.2. The fraction of sp³-hybridized carbons (Fsp3) is 0.420. The van der Waals surface area contributed by atoms with Crippen LogP contribution in [0, 0.1) is 0 Å². The summed E-state index contributed by atoms with van der Waals surface area (Å²) in [5.41, 5.74) is 7.43. The van der Waals surface area contributed by atoms with E-state index >= 15 is 4.79 Å². The number of amides is 12. The van der Waals surface area contributed by atoms with Crippen LogP contribution in [0.1, 0.15) is 74.1 Å². The number of carbonyl (C=O) groups excluding carboxylic acids is 12. The Bertz CT molecular complexity index is 3860. The molecule has 12 atom stereocenters. The van der Waals surface area contributed by atoms with E-state index in [2.05, 4.69) is 83.7 Å². The van der Waals surface area contributed by atoms with E-state index in [-0.39, 0.29) is 73.8 Å². The molecular weight excluding hydrogens is 1460 g/mol. The number of phenols is 3. The summed E-state index contributed by atoms with van der Waals surface area (Å²) in [5.74, 6) is -20.1. The number of nitrogens with zero attached hydrogens (tertiary/aromatic N) is 1. The maximum Gasteiger partial charge on any atom is 0.326 e. The minimum Gasteiger partial charge on any atom is -0.508 e. The van der Waals surface area contributed by atoms with Gasteiger partial charge in [0.1, 0.15) is 89.8 Å². The number of benzene rings is 4. The van der Waals surface area contributed by atoms with Crippen LogP contribution in [0.15, 0.2) is 103 Å². The van der Waals surface area contributed by atoms with Gasteiger partial charge in [-0.15, -0.1) is 0 Å². The minimum atomic E-state index is -2.11. The number of aliphatic hydroxyl groups is 1. The number of rotatable bonds is 43. The molecule has 1 aliphatic heterocycles. The van der Waals surface area contributed by atoms with Gasteiger partial charge in [-0.05, 0) is 91.3 Å². The summed E-state index contributed by atoms with van der Waals surface area (Å²) in [4.78, 5) is 216. The number of aliphatic hydroxyl groups excluding tert-OH is 1. The number of thiol groups is 2. The Morgan fingerprint density at radius 2 is 0.824 bits per heavy atom. The fourth-order valence-corrected chi connectivity index (χ4v) is 11.3. The van der Waals surface area contributed by atoms with Gasteiger partial charge in [-0.3, -0.25) is 71.9 Å². The highest BCUT2D eigenvalue weighted by Gasteiger charge is 2.42. The number of nitrogens with two attached hydrogens (primary N) is 1. The third-order valence-corrected chi connectivity index (χ3v) is 17.4. The molecule has 0 unspecified atom stereocenters. The molecule has 12 amide bonds. The number of aliphatic carboxylic acids is 4. The van der Waals surface area contributed by atoms with Crippen molar-refractivity contribution >= 4 is 120 Å². The van der Waals surface area contributed by atoms with Gasteiger partial charge in [0.2, 0.25) is 70.9 Å². The van der Waals surface area contributed by atoms with Crippen LogP contribution in [0.3, 0.4) is 0 Å². The number of hydrogen-bond donors (Lipinski definition) is 22. The summed E-state index contributed by atoms with van der Waals surface area (Å²) in [6, 6.07) is 5.31. The summed E-state index contributed by atoms with van der Waals surface area (Å²) < 4.78 is 0. The summed E-state index contributed by atoms with van der Waals surface area (Å²) in [7, 11) is 0. The minimum absolute atomic E-state index is 0.0884. The second-order valence-electron chi connectivity index (χ2n) is 25.0. The molecule has 37 nitrogen and oxygen atoms in total. The van der Waals surface area contributed by atoms with Crippen LogP contribution in [0.25, 0.3) is 0 Å². The quantitative estimate of drug-likeness (QED) is 0.0186. The Hall–Kier alpha value is -11.6. The Morgan fingerprint density at radius 1 is 0.444 bits per heavy atom. The van der Waals surface area contributed by atoms with Crippen molar-refractivity contribution in [1.82, 2.24) is 63.4 Å². The molecular formula is C69H87N13O24S2. The zero-order valence-electron chi connectivity index (χ0n) is 58.1. The normalized spacial score (nSPS) is 15.4. The maximum atomic E-state index is 15.0. The van der Waals surface area contributed by atoms with Gasteiger partial charge < -0.3 is 110 Å². The van der Waals surface area contributed by atoms with Crippen molar-refractivity contribution in [3.05, 3.63) is 125 Å². The molecule has 1 heterocycles. The highest BCUT2D eigenvalue weighted by molar-refractivity contribution is 7.80. The van der Waals surface area contributed by atoms with E-state index in [1.54, 1.807) is 30.3 Å². The molecule has 5 rings (SSSR count). The van der Waals surface area contributed by atoms with Crippen molar-refractivity contribution < 1.29 is 118 Å². The summed E-state index contributed by atoms with van der Waals surface area (Å²) in [6.07, 6.45) is -5.39. The van der Waals surface area contributed by atoms with E-state index < -0.39 is 213 Å². The molecule has 0 saturated carbocycles. The Labute approximate surface area is 627 Å². The van der Waals surface area contributed by atoms with Gasteiger partial charge in [0.05, 0.1) is 19.6 Å². The van der Waals surface area contributed by atoms with Crippen LogP contribution in [-0.4, -0.2) is 244 Å². The number of likely N-dealkylation sites (tertiary alicyclic amines) is 1. The van der Waals surface area contributed by atoms with E-state index in [1.807, 2.05) is 0 Å². The first-order valence-corrected chi connectivity index (χ1v) is 34.9. The van der Waals surface area contributed by atoms with E-state index in [9.17, 15) is 113 Å². The van der Waals surface area contributed by atoms with Gasteiger partial charge in [-0.1, -0.05) is 66.7 Å². The van der Waals surface area contributed by atoms with E-state index in [0.717, 1.165) is 4.90 Å². The van der Waals surface area contributed by atoms with Gasteiger partial charge in [0, 0.05) is 56.6 Å². The second-order valence-corrected chi connectivity index (χ2v) is 25.7. The lowest BCUT2D eigenvalue weighted by molar-refractivity contribution is -0.144. The number of carbonyl (C=O) groups is 16. The Balaban J connectivity index is 1.31. The van der Waals surface area contributed by atoms with E-state index in [4.69, 9.17) is 5.73 Å². The fourth-order valence-electron chi connectivity index (χ4n) is 10.8. The van der Waals surface area contributed by atoms with Crippen LogP contribution >= 0.6 is 25.3 Å². The first kappa shape index (κ1) is 87.1. The van der Waals surface area contributed by atoms with Crippen molar-refractivity contribution in [3.63, 3.8) is 0 Å². The topological polar surface area (TPSA) is 597 Å². The SMILES string of the molecule is C[C@H](NC(=O)CNC(=O)[C@H](CCC(=O)O)NC(=O)[C@H](CCC(=O)O)NC(=O)[C@H](CC(=O)O)NC(=O)[C@@H]1CCCN1C(=O)[C@H](Cc1ccc(O)cc1)NC(=O)[C@H](Cc1ccccc1)NC(=O)[C@H](CS)NC(=O)[C@H](Cc1ccc(O)cc1)NC(=O)[C@@H](N)CO)C(=O)N[C@@H](CS)C(=O)N[C@@H](Cc1ccc(O)cc1)C(=O)O. The molecule has 108 heavy (non-hydrogen) atoms. The molecule has 0 bridgehead atoms. The largest absolute Gasteiger partial charge is 0.508 e. The Kier molecular flexibility index (Phi) is 34.8. The zero-order valence-corrected chi connectivity index (χ0v) is 59.9. The maximum absolute atomic E-state index is 15.0. The Morgan fingerprint density at radius 3 is 1.28 bits per heavy atom. The van der Waals surface area contributed by atoms with E-state index in [0.29, 0.717) is 22.3 Å². The summed E-state index contributed by atoms with van der Waals surface area (Å²) in [5, 5.41) is 104. The van der Waals surface area contributed by atoms with Gasteiger partial charge in [-0.2, -0.15) is 25.3 Å². The molecule has 4 aromatic carbocycles. The predicted octanol–water partition coefficient (Wildman–Crippen LogP) is -4.48. The standard InChI is InChI=1S/C69H87N13O24S2/c1-35(58(94)80-51(33-107)66(102)79-50(69(105)106)29-39-13-19-42(86)20-14-39)72-54(87)31-71-60(96)44(21-23-55(88)89)73-61(97)45(22-24-56(90)91)74-64(100)48(30-57(92)93)77-67(103)53-8-5-25-82(53)68(104)49(28-38-11-17-41(85)18-12-38)78-62(98)47(26-36-6-3-2-4-7-36)76-65(101)52(34-108)81-63(99)46(75-59(95)43(70)32-83)27-37-9-15-40(84)16-10-37/h2-4,6-7,9-20,35,43-53,83-86,107-108H,5,8,21-34,70H2,1H3,(H,71,96)(H,72,87)(H,73,97)(H,74,100)(H,75,95)(H,76,101)(H,77,103)(H,78,98)(H,79,102)(H,80,94)(H,81,99)(H,88,89)(H,90,91)(H,92,93)(H,105,106)/t35-,43-,44-,45-,46-,47-,48-,49-,50-,51-,52-,53-/m0/s1. The van der Waals surface area contributed by atoms with Crippen molar-refractivity contribution in [2.45, 2.75) is 150 Å². The number of phenolic OH excluding ortho intramolecular Hbond substituents is 3. The third kappa shape index (κ3) is 28.7. The van der Waals surface area contributed by atoms with Gasteiger partial charge in [0.15, 0.2) is 0 Å². The van der Waals surface area contributed by atoms with Crippen LogP contribution in [0.4, 0.5) is 0 Å². The number of hydrogen-bond acceptors (Lipinski definition) is 23. The predicted molar refractivity (Wildman–Crippen MR) is 385 cm³/mol. The molecule has 584 valence electrons. The lowest BCUT2D eigenvalue weighted by Gasteiger charge is -2.31. The lowest BCUT2D eigenvalue weighted by atomic mass is 10.0. The van der Waals surface area contributed by atoms with Crippen molar-refractivity contribution in [2.75, 3.05) is 31.2 Å². The molecule has 21 N–H and O–H groups in total. The molecule has 0 radical (unpaired) electrons. The number of carboxylic acid groups (broad SMARTS) is 4. The van der Waals surface area contributed by atoms with Crippen LogP contribution in [0.2, 0.25) is 0 Å². The smallest absolute Gasteiger partial charge is 0.326 e. The van der Waals surface area contributed by atoms with Gasteiger partial charge in [-0.25, -0.2) is 4.79 Å². The van der Waals surface area contributed by atoms with E-state index in [1.165, 1.54) is 79.7 Å². The number of nitrogens with one attached hydrogen (secondary N) is 11. The second kappa shape index (κ2) is 43.1. The highest BCUT2D eigenvalue weighted by atomic mass is 32.1. The molecule has 0 spiro atoms. The molecule has 39 heteroatoms. The van der Waals surface area contributed by atoms with Crippen LogP contribution in [0.5, 0.6) is 17.2 Å². The molecule has 1 saturated heterocycles. The third-order valence-electron chi connectivity index (χ3n) is 16.7. The zero-order chi connectivity index (χ0) is 79.9. The monoisotopic (exact) mass is 1550 g/mol. The summed E-state index contributed by atoms with van der Waals surface area (Å²) >= 11 is 8.36. The molecule has 0 aromatic heterocycles.